The first kappa shape index (κ1) is 67.2. The molecule has 0 aliphatic rings. The molecule has 0 amide bonds. The van der Waals surface area contributed by atoms with Crippen LogP contribution in [0.1, 0.15) is 252 Å². The Kier molecular flexibility index (Phi) is 50.4. The summed E-state index contributed by atoms with van der Waals surface area (Å²) in [5.74, 6) is -1.50. The van der Waals surface area contributed by atoms with Crippen LogP contribution in [-0.2, 0) is 42.2 Å². The predicted octanol–water partition coefficient (Wildman–Crippen LogP) is 16.4. The molecule has 0 saturated carbocycles. The van der Waals surface area contributed by atoms with E-state index >= 15 is 0 Å². The van der Waals surface area contributed by atoms with Gasteiger partial charge in [0.25, 0.3) is 0 Å². The van der Waals surface area contributed by atoms with E-state index in [0.717, 1.165) is 109 Å². The summed E-state index contributed by atoms with van der Waals surface area (Å²) in [4.78, 5) is 48.4. The second-order valence-corrected chi connectivity index (χ2v) is 20.2. The summed E-state index contributed by atoms with van der Waals surface area (Å²) in [5.41, 5.74) is 0. The number of aliphatic hydroxyl groups is 1. The van der Waals surface area contributed by atoms with Crippen molar-refractivity contribution in [1.29, 1.82) is 0 Å². The maximum atomic E-state index is 12.9. The summed E-state index contributed by atoms with van der Waals surface area (Å²) in [6.07, 6.45) is 56.1. The zero-order valence-electron chi connectivity index (χ0n) is 44.7. The predicted molar refractivity (Wildman–Crippen MR) is 288 cm³/mol. The number of allylic oxidation sites excluding steroid dienone is 10. The molecule has 0 rings (SSSR count). The number of hydrogen-bond donors (Lipinski definition) is 2. The molecule has 0 spiro atoms. The number of carbonyl (C=O) groups excluding carboxylic acids is 3. The van der Waals surface area contributed by atoms with E-state index in [-0.39, 0.29) is 25.9 Å². The van der Waals surface area contributed by atoms with Gasteiger partial charge in [-0.3, -0.25) is 23.4 Å². The molecule has 0 saturated heterocycles. The maximum Gasteiger partial charge on any atom is 0.472 e. The lowest BCUT2D eigenvalue weighted by molar-refractivity contribution is -0.161. The third kappa shape index (κ3) is 50.1. The van der Waals surface area contributed by atoms with Gasteiger partial charge >= 0.3 is 25.7 Å². The first-order chi connectivity index (χ1) is 34.2. The van der Waals surface area contributed by atoms with Crippen LogP contribution in [-0.4, -0.2) is 66.5 Å². The summed E-state index contributed by atoms with van der Waals surface area (Å²) in [5, 5.41) is 9.78. The van der Waals surface area contributed by atoms with E-state index in [0.29, 0.717) is 19.3 Å². The van der Waals surface area contributed by atoms with E-state index in [4.69, 9.17) is 23.3 Å². The Morgan fingerprint density at radius 3 is 1.16 bits per heavy atom. The van der Waals surface area contributed by atoms with E-state index in [1.165, 1.54) is 83.5 Å². The average Bonchev–Trinajstić information content (AvgIpc) is 3.35. The highest BCUT2D eigenvalue weighted by molar-refractivity contribution is 7.47. The Morgan fingerprint density at radius 2 is 0.743 bits per heavy atom. The van der Waals surface area contributed by atoms with Gasteiger partial charge < -0.3 is 24.2 Å². The standard InChI is InChI=1S/C58H103O11P/c1-4-7-10-13-16-19-22-24-26-27-29-30-33-35-38-41-44-47-56(60)65-51-55(69-58(62)49-46-43-40-37-34-31-28-25-23-20-17-14-11-8-5-2)53-67-70(63,64)66-52-54(50-59)68-57(61)48-45-42-39-36-32-21-18-15-12-9-6-3/h7,10,16,19,24-26,28-30,54-55,59H,4-6,8-9,11-15,17-18,20-23,27,31-53H2,1-3H3,(H,63,64)/b10-7-,19-16-,26-24-,28-25-,30-29-. The molecule has 3 unspecified atom stereocenters. The van der Waals surface area contributed by atoms with Crippen LogP contribution in [0.3, 0.4) is 0 Å². The Bertz CT molecular complexity index is 1410. The Balaban J connectivity index is 4.78. The summed E-state index contributed by atoms with van der Waals surface area (Å²) < 4.78 is 39.4. The zero-order chi connectivity index (χ0) is 51.3. The lowest BCUT2D eigenvalue weighted by atomic mass is 10.1. The van der Waals surface area contributed by atoms with Crippen LogP contribution in [0.2, 0.25) is 0 Å². The molecule has 406 valence electrons. The van der Waals surface area contributed by atoms with Gasteiger partial charge in [0.2, 0.25) is 0 Å². The number of esters is 3. The van der Waals surface area contributed by atoms with Crippen molar-refractivity contribution in [3.63, 3.8) is 0 Å². The van der Waals surface area contributed by atoms with E-state index in [9.17, 15) is 28.9 Å². The van der Waals surface area contributed by atoms with Crippen LogP contribution in [0.25, 0.3) is 0 Å². The van der Waals surface area contributed by atoms with Crippen molar-refractivity contribution in [3.8, 4) is 0 Å². The molecule has 0 aromatic rings. The summed E-state index contributed by atoms with van der Waals surface area (Å²) in [7, 11) is -4.75. The van der Waals surface area contributed by atoms with Crippen molar-refractivity contribution < 1.29 is 52.2 Å². The van der Waals surface area contributed by atoms with Crippen LogP contribution >= 0.6 is 7.82 Å². The Labute approximate surface area is 427 Å². The molecule has 0 aliphatic carbocycles. The topological polar surface area (TPSA) is 155 Å². The fourth-order valence-electron chi connectivity index (χ4n) is 7.64. The van der Waals surface area contributed by atoms with Crippen LogP contribution in [0.5, 0.6) is 0 Å². The molecule has 0 bridgehead atoms. The van der Waals surface area contributed by atoms with Crippen molar-refractivity contribution in [2.24, 2.45) is 0 Å². The van der Waals surface area contributed by atoms with Crippen LogP contribution in [0.15, 0.2) is 60.8 Å². The average molecular weight is 1010 g/mol. The minimum Gasteiger partial charge on any atom is -0.462 e. The van der Waals surface area contributed by atoms with Crippen LogP contribution < -0.4 is 0 Å². The first-order valence-corrected chi connectivity index (χ1v) is 29.7. The van der Waals surface area contributed by atoms with Gasteiger partial charge in [-0.1, -0.05) is 210 Å². The van der Waals surface area contributed by atoms with Crippen molar-refractivity contribution >= 4 is 25.7 Å². The van der Waals surface area contributed by atoms with Crippen LogP contribution in [0, 0.1) is 0 Å². The Hall–Kier alpha value is -2.82. The fourth-order valence-corrected chi connectivity index (χ4v) is 8.42. The van der Waals surface area contributed by atoms with Gasteiger partial charge in [0.1, 0.15) is 12.7 Å². The smallest absolute Gasteiger partial charge is 0.462 e. The molecule has 0 fully saturated rings. The zero-order valence-corrected chi connectivity index (χ0v) is 45.6. The van der Waals surface area contributed by atoms with Gasteiger partial charge in [0, 0.05) is 19.3 Å². The third-order valence-corrected chi connectivity index (χ3v) is 12.9. The first-order valence-electron chi connectivity index (χ1n) is 28.2. The molecule has 0 aromatic heterocycles. The molecule has 2 N–H and O–H groups in total. The number of phosphoric ester groups is 1. The van der Waals surface area contributed by atoms with Gasteiger partial charge in [-0.25, -0.2) is 4.57 Å². The fraction of sp³-hybridized carbons (Fsp3) is 0.776. The molecular formula is C58H103O11P. The second kappa shape index (κ2) is 52.5. The number of hydrogen-bond acceptors (Lipinski definition) is 10. The highest BCUT2D eigenvalue weighted by Crippen LogP contribution is 2.43. The number of ether oxygens (including phenoxy) is 3. The number of aliphatic hydroxyl groups excluding tert-OH is 1. The number of unbranched alkanes of at least 4 members (excludes halogenated alkanes) is 25. The SMILES string of the molecule is CC/C=C\C/C=C\C/C=C\C/C=C\CCCCCCC(=O)OCC(COP(=O)(O)OCC(CO)OC(=O)CCCCCCCCCCCCC)OC(=O)CCCCCCC/C=C\CCCCCCCC. The van der Waals surface area contributed by atoms with Crippen molar-refractivity contribution in [1.82, 2.24) is 0 Å². The van der Waals surface area contributed by atoms with Gasteiger partial charge in [0.15, 0.2) is 6.10 Å². The van der Waals surface area contributed by atoms with Gasteiger partial charge in [-0.05, 0) is 83.5 Å². The van der Waals surface area contributed by atoms with E-state index in [1.807, 2.05) is 0 Å². The number of phosphoric acid groups is 1. The Morgan fingerprint density at radius 1 is 0.414 bits per heavy atom. The molecule has 0 radical (unpaired) electrons. The van der Waals surface area contributed by atoms with E-state index in [2.05, 4.69) is 81.5 Å². The second-order valence-electron chi connectivity index (χ2n) is 18.7. The molecule has 0 heterocycles. The lowest BCUT2D eigenvalue weighted by Crippen LogP contribution is -2.30. The van der Waals surface area contributed by atoms with Crippen molar-refractivity contribution in [3.05, 3.63) is 60.8 Å². The van der Waals surface area contributed by atoms with Gasteiger partial charge in [-0.15, -0.1) is 0 Å². The van der Waals surface area contributed by atoms with Crippen molar-refractivity contribution in [2.45, 2.75) is 264 Å². The molecular weight excluding hydrogens is 904 g/mol. The minimum absolute atomic E-state index is 0.152. The van der Waals surface area contributed by atoms with Gasteiger partial charge in [-0.2, -0.15) is 0 Å². The monoisotopic (exact) mass is 1010 g/mol. The summed E-state index contributed by atoms with van der Waals surface area (Å²) >= 11 is 0. The molecule has 3 atom stereocenters. The summed E-state index contributed by atoms with van der Waals surface area (Å²) in [6.45, 7) is 4.49. The third-order valence-electron chi connectivity index (χ3n) is 11.9. The van der Waals surface area contributed by atoms with Crippen LogP contribution in [0.4, 0.5) is 0 Å². The van der Waals surface area contributed by atoms with Gasteiger partial charge in [0.05, 0.1) is 19.8 Å². The summed E-state index contributed by atoms with van der Waals surface area (Å²) in [6, 6.07) is 0. The van der Waals surface area contributed by atoms with Crippen molar-refractivity contribution in [2.75, 3.05) is 26.4 Å². The molecule has 0 aliphatic heterocycles. The highest BCUT2D eigenvalue weighted by atomic mass is 31.2. The maximum absolute atomic E-state index is 12.9. The lowest BCUT2D eigenvalue weighted by Gasteiger charge is -2.21. The minimum atomic E-state index is -4.75. The molecule has 12 heteroatoms. The largest absolute Gasteiger partial charge is 0.472 e. The normalized spacial score (nSPS) is 13.8. The molecule has 70 heavy (non-hydrogen) atoms. The van der Waals surface area contributed by atoms with E-state index < -0.39 is 57.8 Å². The van der Waals surface area contributed by atoms with E-state index in [1.54, 1.807) is 0 Å². The molecule has 11 nitrogen and oxygen atoms in total. The quantitative estimate of drug-likeness (QED) is 0.0197. The molecule has 0 aromatic carbocycles. The number of rotatable bonds is 52. The number of carbonyl (C=O) groups is 3. The highest BCUT2D eigenvalue weighted by Gasteiger charge is 2.28.